The van der Waals surface area contributed by atoms with E-state index in [9.17, 15) is 24.3 Å². The van der Waals surface area contributed by atoms with Crippen molar-refractivity contribution in [3.8, 4) is 26.9 Å². The number of hydrogen-bond acceptors (Lipinski definition) is 16. The lowest BCUT2D eigenvalue weighted by Crippen LogP contribution is -2.58. The van der Waals surface area contributed by atoms with Crippen molar-refractivity contribution in [1.82, 2.24) is 35.5 Å². The van der Waals surface area contributed by atoms with E-state index < -0.39 is 35.4 Å². The topological polar surface area (TPSA) is 211 Å². The van der Waals surface area contributed by atoms with Crippen molar-refractivity contribution in [2.24, 2.45) is 5.41 Å². The number of likely N-dealkylation sites (tertiary alicyclic amines) is 1. The highest BCUT2D eigenvalue weighted by Gasteiger charge is 2.45. The molecular weight excluding hydrogens is 947 g/mol. The van der Waals surface area contributed by atoms with Crippen LogP contribution in [0.1, 0.15) is 79.6 Å². The van der Waals surface area contributed by atoms with Gasteiger partial charge in [-0.2, -0.15) is 0 Å². The second kappa shape index (κ2) is 23.6. The summed E-state index contributed by atoms with van der Waals surface area (Å²) in [4.78, 5) is 79.5. The quantitative estimate of drug-likeness (QED) is 0.0761. The van der Waals surface area contributed by atoms with Gasteiger partial charge in [-0.3, -0.25) is 19.2 Å². The maximum atomic E-state index is 14.0. The Morgan fingerprint density at radius 1 is 0.845 bits per heavy atom. The number of aryl methyl sites for hydroxylation is 1. The predicted octanol–water partition coefficient (Wildman–Crippen LogP) is 5.63. The third-order valence-corrected chi connectivity index (χ3v) is 14.8. The number of ether oxygens (including phenoxy) is 4. The molecule has 8 rings (SSSR count). The van der Waals surface area contributed by atoms with E-state index in [1.54, 1.807) is 28.5 Å². The Kier molecular flexibility index (Phi) is 17.1. The second-order valence-corrected chi connectivity index (χ2v) is 20.8. The molecule has 2 fully saturated rings. The molecule has 4 amide bonds. The summed E-state index contributed by atoms with van der Waals surface area (Å²) in [7, 11) is 0. The maximum Gasteiger partial charge on any atom is 0.270 e. The minimum absolute atomic E-state index is 0.0268. The minimum atomic E-state index is -0.979. The van der Waals surface area contributed by atoms with Crippen LogP contribution in [0.3, 0.4) is 0 Å². The van der Waals surface area contributed by atoms with Crippen molar-refractivity contribution in [2.45, 2.75) is 84.5 Å². The van der Waals surface area contributed by atoms with Crippen molar-refractivity contribution in [3.63, 3.8) is 0 Å². The summed E-state index contributed by atoms with van der Waals surface area (Å²) < 4.78 is 22.5. The van der Waals surface area contributed by atoms with Crippen LogP contribution in [0.15, 0.2) is 66.4 Å². The first kappa shape index (κ1) is 51.5. The van der Waals surface area contributed by atoms with Gasteiger partial charge in [0.25, 0.3) is 5.91 Å². The Morgan fingerprint density at radius 2 is 1.56 bits per heavy atom. The number of benzene rings is 1. The zero-order valence-corrected chi connectivity index (χ0v) is 42.6. The van der Waals surface area contributed by atoms with Gasteiger partial charge in [0.15, 0.2) is 0 Å². The van der Waals surface area contributed by atoms with Crippen molar-refractivity contribution in [3.05, 3.63) is 88.3 Å². The van der Waals surface area contributed by atoms with E-state index in [0.717, 1.165) is 56.9 Å². The minimum Gasteiger partial charge on any atom is -0.475 e. The molecule has 0 unspecified atom stereocenters. The van der Waals surface area contributed by atoms with E-state index in [1.807, 2.05) is 88.8 Å². The number of aromatic nitrogens is 4. The number of thiazole rings is 2. The van der Waals surface area contributed by atoms with E-state index in [1.165, 1.54) is 29.1 Å². The molecular formula is C51H63N9O9S2. The smallest absolute Gasteiger partial charge is 0.270 e. The third-order valence-electron chi connectivity index (χ3n) is 12.7. The molecule has 3 N–H and O–H groups in total. The average molecular weight is 1010 g/mol. The van der Waals surface area contributed by atoms with Gasteiger partial charge >= 0.3 is 0 Å². The number of fused-ring (bicyclic) bond motifs is 1. The summed E-state index contributed by atoms with van der Waals surface area (Å²) in [6.07, 6.45) is 5.71. The monoisotopic (exact) mass is 1010 g/mol. The van der Waals surface area contributed by atoms with Crippen LogP contribution in [0.4, 0.5) is 11.5 Å². The number of pyridine rings is 2. The third kappa shape index (κ3) is 13.0. The number of nitrogens with zero attached hydrogens (tertiary/aromatic N) is 7. The first-order valence-corrected chi connectivity index (χ1v) is 25.9. The second-order valence-electron chi connectivity index (χ2n) is 19.0. The van der Waals surface area contributed by atoms with Gasteiger partial charge in [0.1, 0.15) is 41.0 Å². The molecule has 0 saturated carbocycles. The zero-order valence-electron chi connectivity index (χ0n) is 40.9. The van der Waals surface area contributed by atoms with E-state index >= 15 is 0 Å². The van der Waals surface area contributed by atoms with Crippen LogP contribution in [0, 0.1) is 12.3 Å². The highest BCUT2D eigenvalue weighted by Crippen LogP contribution is 2.35. The molecule has 7 heterocycles. The molecule has 0 radical (unpaired) electrons. The van der Waals surface area contributed by atoms with Crippen LogP contribution in [0.2, 0.25) is 0 Å². The lowest BCUT2D eigenvalue weighted by atomic mass is 9.85. The van der Waals surface area contributed by atoms with Crippen molar-refractivity contribution in [2.75, 3.05) is 82.2 Å². The van der Waals surface area contributed by atoms with Crippen LogP contribution in [0.25, 0.3) is 21.0 Å². The molecule has 71 heavy (non-hydrogen) atoms. The van der Waals surface area contributed by atoms with Crippen molar-refractivity contribution < 1.29 is 43.2 Å². The first-order valence-electron chi connectivity index (χ1n) is 24.2. The van der Waals surface area contributed by atoms with Gasteiger partial charge in [-0.15, -0.1) is 22.7 Å². The zero-order chi connectivity index (χ0) is 50.1. The van der Waals surface area contributed by atoms with Gasteiger partial charge in [0.2, 0.25) is 23.6 Å². The summed E-state index contributed by atoms with van der Waals surface area (Å²) in [5, 5.41) is 17.2. The van der Waals surface area contributed by atoms with Gasteiger partial charge in [-0.1, -0.05) is 45.0 Å². The molecule has 0 spiro atoms. The first-order chi connectivity index (χ1) is 34.2. The molecule has 1 aromatic carbocycles. The molecule has 4 atom stereocenters. The lowest BCUT2D eigenvalue weighted by molar-refractivity contribution is -0.144. The maximum absolute atomic E-state index is 14.0. The highest BCUT2D eigenvalue weighted by atomic mass is 32.1. The largest absolute Gasteiger partial charge is 0.475 e. The summed E-state index contributed by atoms with van der Waals surface area (Å²) in [5.41, 5.74) is 6.41. The number of nitrogens with one attached hydrogen (secondary N) is 2. The number of rotatable bonds is 21. The molecule has 0 bridgehead atoms. The number of carbonyl (C=O) groups is 4. The van der Waals surface area contributed by atoms with Gasteiger partial charge in [0, 0.05) is 56.8 Å². The van der Waals surface area contributed by atoms with E-state index in [2.05, 4.69) is 30.5 Å². The molecule has 18 nitrogen and oxygen atoms in total. The van der Waals surface area contributed by atoms with Crippen molar-refractivity contribution in [1.29, 1.82) is 0 Å². The summed E-state index contributed by atoms with van der Waals surface area (Å²) >= 11 is 2.97. The Bertz CT molecular complexity index is 2600. The van der Waals surface area contributed by atoms with Crippen molar-refractivity contribution >= 4 is 57.8 Å². The Hall–Kier alpha value is -5.90. The van der Waals surface area contributed by atoms with Crippen LogP contribution in [-0.4, -0.2) is 144 Å². The molecule has 2 saturated heterocycles. The lowest BCUT2D eigenvalue weighted by Gasteiger charge is -2.35. The Balaban J connectivity index is 0.694. The number of anilines is 2. The standard InChI is InChI=1S/C51H63N9O9S2/c1-32(34-8-10-35(11-9-34)44-33(2)54-31-70-44)55-47(63)40-26-38(61)29-60(40)50(65)46(51(3,4)5)57-42(62)30-68-23-22-66-20-21-67-24-25-69-43-15-13-37(28-53-43)59-19-16-39-45(49(59)64)71-48(56-39)36-12-14-41(52-27-36)58-17-6-7-18-58/h8-15,27-28,31-32,38,40,46,61H,6-7,16-26,29-30H2,1-5H3,(H,55,63)(H,57,62)/t32-,38+,40-,46+/m0/s1. The van der Waals surface area contributed by atoms with Crippen LogP contribution >= 0.6 is 22.7 Å². The molecule has 378 valence electrons. The summed E-state index contributed by atoms with van der Waals surface area (Å²) in [6.45, 7) is 13.1. The van der Waals surface area contributed by atoms with Crippen LogP contribution in [0.5, 0.6) is 5.88 Å². The van der Waals surface area contributed by atoms with E-state index in [4.69, 9.17) is 23.9 Å². The normalized spacial score (nSPS) is 17.8. The molecule has 3 aliphatic rings. The van der Waals surface area contributed by atoms with Crippen LogP contribution < -0.4 is 25.2 Å². The molecule has 4 aromatic heterocycles. The average Bonchev–Trinajstić information content (AvgIpc) is 4.21. The van der Waals surface area contributed by atoms with Gasteiger partial charge in [-0.05, 0) is 61.4 Å². The molecule has 0 aliphatic carbocycles. The van der Waals surface area contributed by atoms with E-state index in [-0.39, 0.29) is 57.2 Å². The molecule has 20 heteroatoms. The van der Waals surface area contributed by atoms with Gasteiger partial charge < -0.3 is 49.4 Å². The Morgan fingerprint density at radius 3 is 2.23 bits per heavy atom. The van der Waals surface area contributed by atoms with Gasteiger partial charge in [-0.25, -0.2) is 19.9 Å². The molecule has 5 aromatic rings. The van der Waals surface area contributed by atoms with Crippen LogP contribution in [-0.2, 0) is 35.0 Å². The number of aliphatic hydroxyl groups is 1. The van der Waals surface area contributed by atoms with E-state index in [0.29, 0.717) is 49.2 Å². The fraction of sp³-hybridized carbons (Fsp3) is 0.490. The number of aliphatic hydroxyl groups excluding tert-OH is 1. The fourth-order valence-corrected chi connectivity index (χ4v) is 10.7. The molecule has 3 aliphatic heterocycles. The number of amides is 4. The fourth-order valence-electron chi connectivity index (χ4n) is 8.79. The predicted molar refractivity (Wildman–Crippen MR) is 271 cm³/mol. The summed E-state index contributed by atoms with van der Waals surface area (Å²) in [6, 6.07) is 13.3. The SMILES string of the molecule is Cc1ncsc1-c1ccc([C@H](C)NC(=O)[C@@H]2C[C@@H](O)CN2C(=O)[C@@H](NC(=O)COCCOCCOCCOc2ccc(N3CCc4nc(-c5ccc(N6CCCC6)nc5)sc4C3=O)cn2)C(C)(C)C)cc1. The number of hydrogen-bond donors (Lipinski definition) is 3. The Labute approximate surface area is 422 Å². The number of β-amino-alcohol motifs (C(OH)–C–C–N with tert-alkyl or cyclic N) is 1. The number of carbonyl (C=O) groups excluding carboxylic acids is 4. The highest BCUT2D eigenvalue weighted by molar-refractivity contribution is 7.17. The summed E-state index contributed by atoms with van der Waals surface area (Å²) in [5.74, 6) is -0.0249. The van der Waals surface area contributed by atoms with Gasteiger partial charge in [0.05, 0.1) is 78.8 Å².